The Hall–Kier alpha value is -0.810. The topological polar surface area (TPSA) is 44.7 Å². The number of ether oxygens (including phenoxy) is 1. The smallest absolute Gasteiger partial charge is 0.0947 e. The highest BCUT2D eigenvalue weighted by atomic mass is 35.5. The van der Waals surface area contributed by atoms with Crippen molar-refractivity contribution in [2.45, 2.75) is 12.6 Å². The number of nitrogens with one attached hydrogen (secondary N) is 1. The maximum Gasteiger partial charge on any atom is 0.0947 e. The van der Waals surface area contributed by atoms with Crippen LogP contribution < -0.4 is 10.2 Å². The minimum atomic E-state index is -0.513. The second kappa shape index (κ2) is 7.59. The van der Waals surface area contributed by atoms with Crippen LogP contribution in [0.3, 0.4) is 0 Å². The molecule has 5 heteroatoms. The molecule has 4 nitrogen and oxygen atoms in total. The summed E-state index contributed by atoms with van der Waals surface area (Å²) >= 11 is 6.02. The Morgan fingerprint density at radius 1 is 1.50 bits per heavy atom. The Morgan fingerprint density at radius 3 is 2.83 bits per heavy atom. The summed E-state index contributed by atoms with van der Waals surface area (Å²) in [5.41, 5.74) is 2.17. The molecule has 102 valence electrons. The third-order valence-electron chi connectivity index (χ3n) is 2.67. The number of halogens is 1. The average Bonchev–Trinajstić information content (AvgIpc) is 2.32. The van der Waals surface area contributed by atoms with Gasteiger partial charge in [-0.2, -0.15) is 0 Å². The molecule has 18 heavy (non-hydrogen) atoms. The molecule has 1 atom stereocenters. The monoisotopic (exact) mass is 272 g/mol. The summed E-state index contributed by atoms with van der Waals surface area (Å²) < 4.78 is 4.93. The van der Waals surface area contributed by atoms with Crippen LogP contribution in [0, 0.1) is 0 Å². The zero-order valence-electron chi connectivity index (χ0n) is 11.1. The highest BCUT2D eigenvalue weighted by Gasteiger charge is 2.12. The number of aliphatic hydroxyl groups excluding tert-OH is 1. The van der Waals surface area contributed by atoms with Crippen molar-refractivity contribution in [3.8, 4) is 0 Å². The van der Waals surface area contributed by atoms with E-state index in [0.29, 0.717) is 18.2 Å². The first-order chi connectivity index (χ1) is 8.58. The number of hydrogen-bond acceptors (Lipinski definition) is 4. The predicted molar refractivity (Wildman–Crippen MR) is 75.4 cm³/mol. The number of nitrogens with zero attached hydrogens (tertiary/aromatic N) is 1. The van der Waals surface area contributed by atoms with Crippen LogP contribution in [0.1, 0.15) is 5.56 Å². The van der Waals surface area contributed by atoms with E-state index in [1.165, 1.54) is 0 Å². The van der Waals surface area contributed by atoms with E-state index in [1.54, 1.807) is 7.11 Å². The number of aliphatic hydroxyl groups is 1. The summed E-state index contributed by atoms with van der Waals surface area (Å²) in [6.45, 7) is 1.59. The number of methoxy groups -OCH3 is 1. The second-order valence-corrected chi connectivity index (χ2v) is 4.73. The van der Waals surface area contributed by atoms with E-state index in [1.807, 2.05) is 37.2 Å². The highest BCUT2D eigenvalue weighted by molar-refractivity contribution is 6.30. The van der Waals surface area contributed by atoms with Gasteiger partial charge < -0.3 is 20.1 Å². The molecule has 0 aliphatic heterocycles. The van der Waals surface area contributed by atoms with Crippen molar-refractivity contribution >= 4 is 17.3 Å². The first-order valence-corrected chi connectivity index (χ1v) is 6.27. The lowest BCUT2D eigenvalue weighted by Crippen LogP contribution is -2.32. The summed E-state index contributed by atoms with van der Waals surface area (Å²) in [7, 11) is 5.41. The van der Waals surface area contributed by atoms with Gasteiger partial charge in [-0.25, -0.2) is 0 Å². The minimum absolute atomic E-state index is 0.326. The fourth-order valence-electron chi connectivity index (χ4n) is 1.89. The van der Waals surface area contributed by atoms with Crippen LogP contribution in [0.5, 0.6) is 0 Å². The third-order valence-corrected chi connectivity index (χ3v) is 2.90. The van der Waals surface area contributed by atoms with Gasteiger partial charge in [0.2, 0.25) is 0 Å². The molecular formula is C13H21ClN2O2. The summed E-state index contributed by atoms with van der Waals surface area (Å²) in [4.78, 5) is 1.99. The van der Waals surface area contributed by atoms with E-state index >= 15 is 0 Å². The molecule has 0 aliphatic carbocycles. The van der Waals surface area contributed by atoms with Crippen LogP contribution in [0.4, 0.5) is 5.69 Å². The molecule has 0 aliphatic rings. The molecule has 0 heterocycles. The van der Waals surface area contributed by atoms with Gasteiger partial charge in [-0.1, -0.05) is 17.7 Å². The van der Waals surface area contributed by atoms with E-state index < -0.39 is 6.10 Å². The van der Waals surface area contributed by atoms with Gasteiger partial charge in [-0.15, -0.1) is 0 Å². The van der Waals surface area contributed by atoms with E-state index in [-0.39, 0.29) is 0 Å². The number of likely N-dealkylation sites (N-methyl/N-ethyl adjacent to an activating group) is 1. The van der Waals surface area contributed by atoms with Crippen LogP contribution in [0.15, 0.2) is 18.2 Å². The summed E-state index contributed by atoms with van der Waals surface area (Å²) in [5, 5.41) is 13.6. The molecule has 2 N–H and O–H groups in total. The van der Waals surface area contributed by atoms with E-state index in [0.717, 1.165) is 17.8 Å². The standard InChI is InChI=1S/C13H21ClN2O2/c1-15-7-10-4-5-11(14)6-13(10)16(2)8-12(17)9-18-3/h4-6,12,15,17H,7-9H2,1-3H3. The van der Waals surface area contributed by atoms with Crippen molar-refractivity contribution < 1.29 is 9.84 Å². The lowest BCUT2D eigenvalue weighted by Gasteiger charge is -2.25. The van der Waals surface area contributed by atoms with Gasteiger partial charge in [0.15, 0.2) is 0 Å². The lowest BCUT2D eigenvalue weighted by atomic mass is 10.1. The Bertz CT molecular complexity index is 374. The lowest BCUT2D eigenvalue weighted by molar-refractivity contribution is 0.0695. The fraction of sp³-hybridized carbons (Fsp3) is 0.538. The molecule has 0 saturated heterocycles. The van der Waals surface area contributed by atoms with Gasteiger partial charge >= 0.3 is 0 Å². The highest BCUT2D eigenvalue weighted by Crippen LogP contribution is 2.24. The van der Waals surface area contributed by atoms with Crippen molar-refractivity contribution in [3.05, 3.63) is 28.8 Å². The largest absolute Gasteiger partial charge is 0.389 e. The van der Waals surface area contributed by atoms with E-state index in [9.17, 15) is 5.11 Å². The van der Waals surface area contributed by atoms with Gasteiger partial charge in [-0.3, -0.25) is 0 Å². The Labute approximate surface area is 114 Å². The summed E-state index contributed by atoms with van der Waals surface area (Å²) in [6, 6.07) is 5.78. The predicted octanol–water partition coefficient (Wildman–Crippen LogP) is 1.50. The van der Waals surface area contributed by atoms with Crippen molar-refractivity contribution in [1.82, 2.24) is 5.32 Å². The summed E-state index contributed by atoms with van der Waals surface area (Å²) in [5.74, 6) is 0. The molecule has 0 radical (unpaired) electrons. The fourth-order valence-corrected chi connectivity index (χ4v) is 2.06. The van der Waals surface area contributed by atoms with Gasteiger partial charge in [-0.05, 0) is 24.7 Å². The van der Waals surface area contributed by atoms with Crippen LogP contribution in [0.2, 0.25) is 5.02 Å². The van der Waals surface area contributed by atoms with Gasteiger partial charge in [0, 0.05) is 38.0 Å². The molecule has 0 aromatic heterocycles. The Morgan fingerprint density at radius 2 is 2.22 bits per heavy atom. The molecule has 0 fully saturated rings. The number of benzene rings is 1. The van der Waals surface area contributed by atoms with E-state index in [2.05, 4.69) is 5.32 Å². The number of anilines is 1. The maximum atomic E-state index is 9.76. The zero-order chi connectivity index (χ0) is 13.5. The molecule has 1 unspecified atom stereocenters. The van der Waals surface area contributed by atoms with Crippen molar-refractivity contribution in [2.75, 3.05) is 39.3 Å². The zero-order valence-corrected chi connectivity index (χ0v) is 11.9. The molecule has 0 spiro atoms. The van der Waals surface area contributed by atoms with Gasteiger partial charge in [0.1, 0.15) is 0 Å². The van der Waals surface area contributed by atoms with Crippen LogP contribution in [0.25, 0.3) is 0 Å². The summed E-state index contributed by atoms with van der Waals surface area (Å²) in [6.07, 6.45) is -0.513. The molecule has 1 aromatic carbocycles. The molecule has 0 saturated carbocycles. The van der Waals surface area contributed by atoms with Crippen LogP contribution in [-0.4, -0.2) is 45.6 Å². The SMILES string of the molecule is CNCc1ccc(Cl)cc1N(C)CC(O)COC. The Balaban J connectivity index is 2.82. The van der Waals surface area contributed by atoms with Crippen molar-refractivity contribution in [1.29, 1.82) is 0 Å². The number of rotatable bonds is 7. The van der Waals surface area contributed by atoms with Crippen LogP contribution >= 0.6 is 11.6 Å². The molecule has 0 amide bonds. The molecule has 1 rings (SSSR count). The maximum absolute atomic E-state index is 9.76. The number of hydrogen-bond donors (Lipinski definition) is 2. The van der Waals surface area contributed by atoms with E-state index in [4.69, 9.17) is 16.3 Å². The first kappa shape index (κ1) is 15.2. The minimum Gasteiger partial charge on any atom is -0.389 e. The molecule has 1 aromatic rings. The van der Waals surface area contributed by atoms with Crippen molar-refractivity contribution in [2.24, 2.45) is 0 Å². The second-order valence-electron chi connectivity index (χ2n) is 4.29. The normalized spacial score (nSPS) is 12.5. The molecular weight excluding hydrogens is 252 g/mol. The van der Waals surface area contributed by atoms with Crippen LogP contribution in [-0.2, 0) is 11.3 Å². The Kier molecular flexibility index (Phi) is 6.43. The third kappa shape index (κ3) is 4.46. The first-order valence-electron chi connectivity index (χ1n) is 5.89. The van der Waals surface area contributed by atoms with Gasteiger partial charge in [0.25, 0.3) is 0 Å². The molecule has 0 bridgehead atoms. The quantitative estimate of drug-likeness (QED) is 0.790. The van der Waals surface area contributed by atoms with Crippen molar-refractivity contribution in [3.63, 3.8) is 0 Å². The van der Waals surface area contributed by atoms with Gasteiger partial charge in [0.05, 0.1) is 12.7 Å². The average molecular weight is 273 g/mol.